The van der Waals surface area contributed by atoms with Crippen LogP contribution in [0.5, 0.6) is 0 Å². The van der Waals surface area contributed by atoms with Crippen molar-refractivity contribution >= 4 is 11.4 Å². The predicted molar refractivity (Wildman–Crippen MR) is 76.7 cm³/mol. The summed E-state index contributed by atoms with van der Waals surface area (Å²) in [4.78, 5) is 0. The third-order valence-corrected chi connectivity index (χ3v) is 3.79. The van der Waals surface area contributed by atoms with Gasteiger partial charge in [0.25, 0.3) is 0 Å². The molecular weight excluding hydrogens is 239 g/mol. The molecule has 0 amide bonds. The number of nitrogen functional groups attached to an aromatic ring is 1. The van der Waals surface area contributed by atoms with E-state index in [1.165, 1.54) is 17.2 Å². The van der Waals surface area contributed by atoms with E-state index in [-0.39, 0.29) is 11.9 Å². The fraction of sp³-hybridized carbons (Fsp3) is 0.250. The van der Waals surface area contributed by atoms with Crippen molar-refractivity contribution < 1.29 is 4.39 Å². The minimum atomic E-state index is -0.191. The Morgan fingerprint density at radius 2 is 2.11 bits per heavy atom. The van der Waals surface area contributed by atoms with E-state index in [1.54, 1.807) is 6.07 Å². The van der Waals surface area contributed by atoms with Gasteiger partial charge in [-0.05, 0) is 54.7 Å². The van der Waals surface area contributed by atoms with Gasteiger partial charge in [0.05, 0.1) is 11.7 Å². The lowest BCUT2D eigenvalue weighted by Gasteiger charge is -2.18. The van der Waals surface area contributed by atoms with Crippen molar-refractivity contribution in [2.45, 2.75) is 25.8 Å². The molecular formula is C16H17FN2. The Bertz CT molecular complexity index is 602. The number of aryl methyl sites for hydroxylation is 2. The van der Waals surface area contributed by atoms with Gasteiger partial charge in [-0.15, -0.1) is 0 Å². The zero-order valence-electron chi connectivity index (χ0n) is 10.9. The lowest BCUT2D eigenvalue weighted by atomic mass is 10.1. The van der Waals surface area contributed by atoms with Gasteiger partial charge in [0.15, 0.2) is 0 Å². The van der Waals surface area contributed by atoms with Crippen LogP contribution in [0.15, 0.2) is 36.4 Å². The van der Waals surface area contributed by atoms with Gasteiger partial charge in [-0.3, -0.25) is 0 Å². The molecule has 1 aliphatic rings. The number of halogens is 1. The molecule has 0 aromatic heterocycles. The first-order valence-electron chi connectivity index (χ1n) is 6.55. The topological polar surface area (TPSA) is 38.0 Å². The molecule has 1 unspecified atom stereocenters. The van der Waals surface area contributed by atoms with Crippen LogP contribution < -0.4 is 11.1 Å². The molecule has 1 atom stereocenters. The summed E-state index contributed by atoms with van der Waals surface area (Å²) in [5, 5.41) is 3.34. The molecule has 3 heteroatoms. The number of rotatable bonds is 2. The number of nitrogens with one attached hydrogen (secondary N) is 1. The second-order valence-corrected chi connectivity index (χ2v) is 5.13. The standard InChI is InChI=1S/C16H17FN2/c1-10-3-2-4-14(17)16(10)19-15-8-5-11-9-12(18)6-7-13(11)15/h2-4,6-7,9,15,19H,5,8,18H2,1H3. The number of nitrogens with two attached hydrogens (primary N) is 1. The number of benzene rings is 2. The van der Waals surface area contributed by atoms with E-state index in [2.05, 4.69) is 5.32 Å². The number of anilines is 2. The van der Waals surface area contributed by atoms with Gasteiger partial charge in [0.2, 0.25) is 0 Å². The normalized spacial score (nSPS) is 17.3. The highest BCUT2D eigenvalue weighted by Gasteiger charge is 2.23. The van der Waals surface area contributed by atoms with Gasteiger partial charge in [0.1, 0.15) is 5.82 Å². The molecule has 1 aliphatic carbocycles. The van der Waals surface area contributed by atoms with Gasteiger partial charge in [-0.25, -0.2) is 4.39 Å². The Morgan fingerprint density at radius 3 is 2.89 bits per heavy atom. The number of hydrogen-bond acceptors (Lipinski definition) is 2. The van der Waals surface area contributed by atoms with Crippen molar-refractivity contribution in [1.82, 2.24) is 0 Å². The summed E-state index contributed by atoms with van der Waals surface area (Å²) >= 11 is 0. The maximum absolute atomic E-state index is 13.9. The van der Waals surface area contributed by atoms with Gasteiger partial charge in [0, 0.05) is 5.69 Å². The van der Waals surface area contributed by atoms with Crippen LogP contribution in [0, 0.1) is 12.7 Å². The molecule has 2 aromatic carbocycles. The molecule has 2 aromatic rings. The first-order valence-corrected chi connectivity index (χ1v) is 6.55. The van der Waals surface area contributed by atoms with Gasteiger partial charge in [-0.1, -0.05) is 18.2 Å². The molecule has 0 radical (unpaired) electrons. The molecule has 2 nitrogen and oxygen atoms in total. The van der Waals surface area contributed by atoms with E-state index < -0.39 is 0 Å². The molecule has 3 rings (SSSR count). The van der Waals surface area contributed by atoms with E-state index in [9.17, 15) is 4.39 Å². The summed E-state index contributed by atoms with van der Waals surface area (Å²) in [6, 6.07) is 11.3. The molecule has 0 bridgehead atoms. The first kappa shape index (κ1) is 12.0. The Kier molecular flexibility index (Phi) is 2.90. The largest absolute Gasteiger partial charge is 0.399 e. The molecule has 0 spiro atoms. The number of hydrogen-bond donors (Lipinski definition) is 2. The molecule has 98 valence electrons. The maximum atomic E-state index is 13.9. The summed E-state index contributed by atoms with van der Waals surface area (Å²) in [7, 11) is 0. The Morgan fingerprint density at radius 1 is 1.26 bits per heavy atom. The third kappa shape index (κ3) is 2.16. The third-order valence-electron chi connectivity index (χ3n) is 3.79. The highest BCUT2D eigenvalue weighted by atomic mass is 19.1. The maximum Gasteiger partial charge on any atom is 0.146 e. The fourth-order valence-corrected chi connectivity index (χ4v) is 2.78. The predicted octanol–water partition coefficient (Wildman–Crippen LogP) is 3.82. The van der Waals surface area contributed by atoms with Crippen LogP contribution >= 0.6 is 0 Å². The van der Waals surface area contributed by atoms with Crippen molar-refractivity contribution in [3.63, 3.8) is 0 Å². The van der Waals surface area contributed by atoms with Crippen LogP contribution in [0.3, 0.4) is 0 Å². The smallest absolute Gasteiger partial charge is 0.146 e. The van der Waals surface area contributed by atoms with E-state index in [0.29, 0.717) is 5.69 Å². The summed E-state index contributed by atoms with van der Waals surface area (Å²) in [5.74, 6) is -0.191. The average molecular weight is 256 g/mol. The van der Waals surface area contributed by atoms with Crippen LogP contribution in [0.4, 0.5) is 15.8 Å². The Labute approximate surface area is 112 Å². The fourth-order valence-electron chi connectivity index (χ4n) is 2.78. The van der Waals surface area contributed by atoms with Crippen molar-refractivity contribution in [2.24, 2.45) is 0 Å². The summed E-state index contributed by atoms with van der Waals surface area (Å²) in [6.07, 6.45) is 1.97. The van der Waals surface area contributed by atoms with Gasteiger partial charge >= 0.3 is 0 Å². The van der Waals surface area contributed by atoms with E-state index in [0.717, 1.165) is 24.1 Å². The summed E-state index contributed by atoms with van der Waals surface area (Å²) in [5.41, 5.74) is 10.6. The van der Waals surface area contributed by atoms with Gasteiger partial charge in [-0.2, -0.15) is 0 Å². The molecule has 0 aliphatic heterocycles. The summed E-state index contributed by atoms with van der Waals surface area (Å²) in [6.45, 7) is 1.92. The van der Waals surface area contributed by atoms with Crippen LogP contribution in [0.25, 0.3) is 0 Å². The Balaban J connectivity index is 1.91. The van der Waals surface area contributed by atoms with E-state index in [4.69, 9.17) is 5.73 Å². The SMILES string of the molecule is Cc1cccc(F)c1NC1CCc2cc(N)ccc21. The molecule has 3 N–H and O–H groups in total. The molecule has 19 heavy (non-hydrogen) atoms. The summed E-state index contributed by atoms with van der Waals surface area (Å²) < 4.78 is 13.9. The lowest BCUT2D eigenvalue weighted by Crippen LogP contribution is -2.09. The zero-order valence-corrected chi connectivity index (χ0v) is 10.9. The lowest BCUT2D eigenvalue weighted by molar-refractivity contribution is 0.623. The van der Waals surface area contributed by atoms with Crippen molar-refractivity contribution in [3.8, 4) is 0 Å². The van der Waals surface area contributed by atoms with Crippen LogP contribution in [-0.4, -0.2) is 0 Å². The number of para-hydroxylation sites is 1. The second kappa shape index (κ2) is 4.57. The van der Waals surface area contributed by atoms with Gasteiger partial charge < -0.3 is 11.1 Å². The monoisotopic (exact) mass is 256 g/mol. The highest BCUT2D eigenvalue weighted by Crippen LogP contribution is 2.36. The van der Waals surface area contributed by atoms with Crippen molar-refractivity contribution in [1.29, 1.82) is 0 Å². The molecule has 0 heterocycles. The zero-order chi connectivity index (χ0) is 13.4. The quantitative estimate of drug-likeness (QED) is 0.802. The minimum Gasteiger partial charge on any atom is -0.399 e. The van der Waals surface area contributed by atoms with Crippen LogP contribution in [0.2, 0.25) is 0 Å². The molecule has 0 fully saturated rings. The second-order valence-electron chi connectivity index (χ2n) is 5.13. The Hall–Kier alpha value is -2.03. The first-order chi connectivity index (χ1) is 9.15. The van der Waals surface area contributed by atoms with Crippen molar-refractivity contribution in [2.75, 3.05) is 11.1 Å². The molecule has 0 saturated heterocycles. The highest BCUT2D eigenvalue weighted by molar-refractivity contribution is 5.56. The minimum absolute atomic E-state index is 0.172. The average Bonchev–Trinajstić information content (AvgIpc) is 2.76. The van der Waals surface area contributed by atoms with Crippen LogP contribution in [-0.2, 0) is 6.42 Å². The number of fused-ring (bicyclic) bond motifs is 1. The van der Waals surface area contributed by atoms with E-state index >= 15 is 0 Å². The van der Waals surface area contributed by atoms with Crippen molar-refractivity contribution in [3.05, 3.63) is 58.9 Å². The van der Waals surface area contributed by atoms with E-state index in [1.807, 2.05) is 31.2 Å². The van der Waals surface area contributed by atoms with Crippen LogP contribution in [0.1, 0.15) is 29.2 Å². The molecule has 0 saturated carbocycles.